The molecule has 0 bridgehead atoms. The van der Waals surface area contributed by atoms with E-state index in [-0.39, 0.29) is 0 Å². The van der Waals surface area contributed by atoms with E-state index in [1.165, 1.54) is 11.1 Å². The summed E-state index contributed by atoms with van der Waals surface area (Å²) in [6.45, 7) is 1.71. The first kappa shape index (κ1) is 13.6. The van der Waals surface area contributed by atoms with E-state index in [1.54, 1.807) is 0 Å². The van der Waals surface area contributed by atoms with Crippen LogP contribution in [0.2, 0.25) is 0 Å². The molecule has 2 atom stereocenters. The zero-order valence-electron chi connectivity index (χ0n) is 12.3. The van der Waals surface area contributed by atoms with Gasteiger partial charge in [-0.15, -0.1) is 0 Å². The monoisotopic (exact) mass is 297 g/mol. The Hall–Kier alpha value is -2.04. The van der Waals surface area contributed by atoms with Gasteiger partial charge in [-0.25, -0.2) is 5.48 Å². The number of para-hydroxylation sites is 1. The summed E-state index contributed by atoms with van der Waals surface area (Å²) < 4.78 is 10.8. The number of nitrogens with one attached hydrogen (secondary N) is 1. The molecule has 4 nitrogen and oxygen atoms in total. The predicted molar refractivity (Wildman–Crippen MR) is 84.0 cm³/mol. The van der Waals surface area contributed by atoms with Crippen molar-refractivity contribution in [2.45, 2.75) is 25.0 Å². The minimum absolute atomic E-state index is 0.334. The van der Waals surface area contributed by atoms with Gasteiger partial charge in [0.1, 0.15) is 0 Å². The number of hydrogen-bond donors (Lipinski definition) is 1. The Kier molecular flexibility index (Phi) is 3.70. The Morgan fingerprint density at radius 1 is 0.909 bits per heavy atom. The van der Waals surface area contributed by atoms with Crippen molar-refractivity contribution in [3.8, 4) is 5.75 Å². The molecule has 0 aliphatic carbocycles. The van der Waals surface area contributed by atoms with E-state index in [2.05, 4.69) is 11.5 Å². The van der Waals surface area contributed by atoms with Gasteiger partial charge < -0.3 is 14.3 Å². The lowest BCUT2D eigenvalue weighted by Crippen LogP contribution is -2.10. The third-order valence-corrected chi connectivity index (χ3v) is 3.97. The first-order valence-electron chi connectivity index (χ1n) is 7.70. The zero-order valence-corrected chi connectivity index (χ0v) is 12.3. The molecule has 0 saturated carbocycles. The van der Waals surface area contributed by atoms with Crippen molar-refractivity contribution >= 4 is 5.69 Å². The smallest absolute Gasteiger partial charge is 0.158 e. The summed E-state index contributed by atoms with van der Waals surface area (Å²) in [6.07, 6.45) is 2.55. The van der Waals surface area contributed by atoms with E-state index in [4.69, 9.17) is 14.3 Å². The molecule has 2 saturated heterocycles. The van der Waals surface area contributed by atoms with E-state index >= 15 is 0 Å². The molecule has 0 radical (unpaired) electrons. The summed E-state index contributed by atoms with van der Waals surface area (Å²) >= 11 is 0. The van der Waals surface area contributed by atoms with Gasteiger partial charge in [-0.3, -0.25) is 0 Å². The van der Waals surface area contributed by atoms with Gasteiger partial charge in [-0.05, 0) is 23.8 Å². The highest BCUT2D eigenvalue weighted by Crippen LogP contribution is 2.30. The first-order chi connectivity index (χ1) is 10.9. The topological polar surface area (TPSA) is 46.3 Å². The summed E-state index contributed by atoms with van der Waals surface area (Å²) in [6, 6.07) is 16.1. The van der Waals surface area contributed by atoms with Crippen LogP contribution in [0.1, 0.15) is 11.1 Å². The van der Waals surface area contributed by atoms with Crippen molar-refractivity contribution in [3.05, 3.63) is 59.7 Å². The van der Waals surface area contributed by atoms with Gasteiger partial charge in [0, 0.05) is 18.4 Å². The van der Waals surface area contributed by atoms with Crippen molar-refractivity contribution in [1.29, 1.82) is 0 Å². The molecule has 0 spiro atoms. The molecule has 2 aromatic carbocycles. The fourth-order valence-corrected chi connectivity index (χ4v) is 2.59. The third-order valence-electron chi connectivity index (χ3n) is 3.97. The standard InChI is InChI=1S/C18H19NO3/c1-2-6-14(7-3-1)19-22-18-8-4-5-13(9-15-11-20-15)17(18)10-16-12-21-16/h1-8,15-16,19H,9-12H2. The molecule has 114 valence electrons. The van der Waals surface area contributed by atoms with Gasteiger partial charge in [-0.1, -0.05) is 30.3 Å². The lowest BCUT2D eigenvalue weighted by molar-refractivity contribution is 0.382. The summed E-state index contributed by atoms with van der Waals surface area (Å²) in [7, 11) is 0. The number of epoxide rings is 2. The Bertz CT molecular complexity index is 636. The van der Waals surface area contributed by atoms with E-state index in [9.17, 15) is 0 Å². The molecule has 0 aromatic heterocycles. The van der Waals surface area contributed by atoms with Crippen molar-refractivity contribution in [2.75, 3.05) is 18.7 Å². The second-order valence-electron chi connectivity index (χ2n) is 5.78. The van der Waals surface area contributed by atoms with E-state index in [0.717, 1.165) is 37.5 Å². The fourth-order valence-electron chi connectivity index (χ4n) is 2.59. The minimum atomic E-state index is 0.334. The van der Waals surface area contributed by atoms with Crippen LogP contribution < -0.4 is 10.3 Å². The SMILES string of the molecule is c1ccc(NOc2cccc(CC3CO3)c2CC2CO2)cc1. The quantitative estimate of drug-likeness (QED) is 0.630. The van der Waals surface area contributed by atoms with Crippen LogP contribution in [0.4, 0.5) is 5.69 Å². The maximum atomic E-state index is 5.85. The van der Waals surface area contributed by atoms with Gasteiger partial charge in [0.2, 0.25) is 0 Å². The Morgan fingerprint density at radius 3 is 2.36 bits per heavy atom. The molecule has 2 heterocycles. The van der Waals surface area contributed by atoms with Crippen LogP contribution in [0.3, 0.4) is 0 Å². The average Bonchev–Trinajstić information content (AvgIpc) is 3.44. The Labute approximate surface area is 130 Å². The molecular formula is C18H19NO3. The molecule has 2 aromatic rings. The van der Waals surface area contributed by atoms with Crippen molar-refractivity contribution < 1.29 is 14.3 Å². The van der Waals surface area contributed by atoms with Crippen molar-refractivity contribution in [1.82, 2.24) is 0 Å². The van der Waals surface area contributed by atoms with Crippen LogP contribution in [0, 0.1) is 0 Å². The number of hydrogen-bond acceptors (Lipinski definition) is 4. The summed E-state index contributed by atoms with van der Waals surface area (Å²) in [5.74, 6) is 0.873. The highest BCUT2D eigenvalue weighted by atomic mass is 16.6. The molecule has 1 N–H and O–H groups in total. The molecule has 22 heavy (non-hydrogen) atoms. The highest BCUT2D eigenvalue weighted by Gasteiger charge is 2.29. The Morgan fingerprint density at radius 2 is 1.64 bits per heavy atom. The van der Waals surface area contributed by atoms with Crippen LogP contribution in [-0.4, -0.2) is 25.4 Å². The summed E-state index contributed by atoms with van der Waals surface area (Å²) in [5.41, 5.74) is 6.48. The maximum absolute atomic E-state index is 5.85. The minimum Gasteiger partial charge on any atom is -0.382 e. The maximum Gasteiger partial charge on any atom is 0.158 e. The van der Waals surface area contributed by atoms with Crippen LogP contribution in [0.15, 0.2) is 48.5 Å². The van der Waals surface area contributed by atoms with Crippen LogP contribution in [0.25, 0.3) is 0 Å². The molecule has 0 amide bonds. The average molecular weight is 297 g/mol. The second kappa shape index (κ2) is 5.99. The number of benzene rings is 2. The van der Waals surface area contributed by atoms with E-state index < -0.39 is 0 Å². The van der Waals surface area contributed by atoms with Gasteiger partial charge in [-0.2, -0.15) is 0 Å². The normalized spacial score (nSPS) is 22.2. The third kappa shape index (κ3) is 3.40. The van der Waals surface area contributed by atoms with Crippen LogP contribution >= 0.6 is 0 Å². The summed E-state index contributed by atoms with van der Waals surface area (Å²) in [4.78, 5) is 5.85. The molecule has 2 aliphatic rings. The van der Waals surface area contributed by atoms with Gasteiger partial charge in [0.05, 0.1) is 31.1 Å². The summed E-state index contributed by atoms with van der Waals surface area (Å²) in [5, 5.41) is 0. The van der Waals surface area contributed by atoms with E-state index in [0.29, 0.717) is 12.2 Å². The number of ether oxygens (including phenoxy) is 2. The molecule has 4 heteroatoms. The van der Waals surface area contributed by atoms with Crippen molar-refractivity contribution in [2.24, 2.45) is 0 Å². The first-order valence-corrected chi connectivity index (χ1v) is 7.70. The molecule has 2 fully saturated rings. The van der Waals surface area contributed by atoms with Gasteiger partial charge >= 0.3 is 0 Å². The van der Waals surface area contributed by atoms with Gasteiger partial charge in [0.25, 0.3) is 0 Å². The number of rotatable bonds is 7. The number of anilines is 1. The fraction of sp³-hybridized carbons (Fsp3) is 0.333. The van der Waals surface area contributed by atoms with Crippen molar-refractivity contribution in [3.63, 3.8) is 0 Å². The van der Waals surface area contributed by atoms with Crippen LogP contribution in [0.5, 0.6) is 5.75 Å². The Balaban J connectivity index is 1.53. The largest absolute Gasteiger partial charge is 0.382 e. The zero-order chi connectivity index (χ0) is 14.8. The lowest BCUT2D eigenvalue weighted by Gasteiger charge is -2.15. The lowest BCUT2D eigenvalue weighted by atomic mass is 9.98. The molecule has 4 rings (SSSR count). The second-order valence-corrected chi connectivity index (χ2v) is 5.78. The highest BCUT2D eigenvalue weighted by molar-refractivity contribution is 5.45. The van der Waals surface area contributed by atoms with E-state index in [1.807, 2.05) is 42.5 Å². The molecule has 2 unspecified atom stereocenters. The molecule has 2 aliphatic heterocycles. The van der Waals surface area contributed by atoms with Gasteiger partial charge in [0.15, 0.2) is 5.75 Å². The molecular weight excluding hydrogens is 278 g/mol. The van der Waals surface area contributed by atoms with Crippen LogP contribution in [-0.2, 0) is 22.3 Å². The predicted octanol–water partition coefficient (Wildman–Crippen LogP) is 2.98.